The lowest BCUT2D eigenvalue weighted by Crippen LogP contribution is -2.41. The zero-order valence-electron chi connectivity index (χ0n) is 19.2. The van der Waals surface area contributed by atoms with Gasteiger partial charge in [0, 0.05) is 31.1 Å². The largest absolute Gasteiger partial charge is 0.342 e. The minimum atomic E-state index is -0.699. The van der Waals surface area contributed by atoms with Crippen LogP contribution in [-0.4, -0.2) is 57.6 Å². The van der Waals surface area contributed by atoms with E-state index in [2.05, 4.69) is 4.98 Å². The molecule has 8 heteroatoms. The number of amidine groups is 1. The van der Waals surface area contributed by atoms with Crippen LogP contribution >= 0.6 is 11.3 Å². The average molecular weight is 489 g/mol. The topological polar surface area (TPSA) is 65.9 Å². The molecule has 35 heavy (non-hydrogen) atoms. The molecule has 1 saturated heterocycles. The van der Waals surface area contributed by atoms with Crippen LogP contribution in [0.15, 0.2) is 47.5 Å². The van der Waals surface area contributed by atoms with E-state index < -0.39 is 11.4 Å². The Labute approximate surface area is 206 Å². The molecule has 2 amide bonds. The van der Waals surface area contributed by atoms with Crippen LogP contribution in [0.5, 0.6) is 0 Å². The number of benzene rings is 2. The van der Waals surface area contributed by atoms with Crippen molar-refractivity contribution in [2.75, 3.05) is 19.6 Å². The van der Waals surface area contributed by atoms with E-state index in [0.29, 0.717) is 37.3 Å². The smallest absolute Gasteiger partial charge is 0.256 e. The maximum absolute atomic E-state index is 15.5. The van der Waals surface area contributed by atoms with Gasteiger partial charge in [-0.2, -0.15) is 0 Å². The number of aliphatic imine (C=N–C) groups is 1. The summed E-state index contributed by atoms with van der Waals surface area (Å²) in [5, 5.41) is 0.767. The number of likely N-dealkylation sites (tertiary alicyclic amines) is 1. The Hall–Kier alpha value is -3.13. The van der Waals surface area contributed by atoms with Gasteiger partial charge in [-0.15, -0.1) is 11.3 Å². The maximum Gasteiger partial charge on any atom is 0.256 e. The van der Waals surface area contributed by atoms with Crippen molar-refractivity contribution in [2.24, 2.45) is 16.8 Å². The standard InChI is InChI=1S/C27H25FN4O2S/c28-20-13-18(24-29-21-3-1-2-4-22(21)35-24)7-8-19(20)23-30-27(10-11-27)26(34)32(23)15-16-9-12-31(14-16)25(33)17-5-6-17/h1-4,7-8,13,16-17H,5-6,9-12,14-15H2. The van der Waals surface area contributed by atoms with Crippen LogP contribution in [0.25, 0.3) is 20.8 Å². The predicted molar refractivity (Wildman–Crippen MR) is 133 cm³/mol. The molecule has 3 aromatic rings. The highest BCUT2D eigenvalue weighted by atomic mass is 32.1. The summed E-state index contributed by atoms with van der Waals surface area (Å²) in [5.74, 6) is 0.669. The van der Waals surface area contributed by atoms with E-state index in [4.69, 9.17) is 4.99 Å². The van der Waals surface area contributed by atoms with Gasteiger partial charge in [0.2, 0.25) is 5.91 Å². The molecule has 6 nitrogen and oxygen atoms in total. The van der Waals surface area contributed by atoms with Crippen molar-refractivity contribution in [1.82, 2.24) is 14.8 Å². The molecule has 0 bridgehead atoms. The lowest BCUT2D eigenvalue weighted by molar-refractivity contribution is -0.131. The summed E-state index contributed by atoms with van der Waals surface area (Å²) in [5.41, 5.74) is 1.27. The van der Waals surface area contributed by atoms with Crippen LogP contribution in [0, 0.1) is 17.7 Å². The Bertz CT molecular complexity index is 1370. The summed E-state index contributed by atoms with van der Waals surface area (Å²) in [4.78, 5) is 38.8. The fraction of sp³-hybridized carbons (Fsp3) is 0.407. The Morgan fingerprint density at radius 2 is 1.97 bits per heavy atom. The molecule has 2 aliphatic carbocycles. The van der Waals surface area contributed by atoms with Crippen molar-refractivity contribution < 1.29 is 14.0 Å². The summed E-state index contributed by atoms with van der Waals surface area (Å²) in [6.45, 7) is 1.89. The highest BCUT2D eigenvalue weighted by Gasteiger charge is 2.58. The fourth-order valence-electron chi connectivity index (χ4n) is 5.33. The van der Waals surface area contributed by atoms with Crippen molar-refractivity contribution in [3.63, 3.8) is 0 Å². The van der Waals surface area contributed by atoms with Crippen LogP contribution in [0.4, 0.5) is 4.39 Å². The molecule has 2 aliphatic heterocycles. The average Bonchev–Trinajstić information content (AvgIpc) is 3.75. The highest BCUT2D eigenvalue weighted by molar-refractivity contribution is 7.21. The van der Waals surface area contributed by atoms with E-state index in [-0.39, 0.29) is 23.7 Å². The van der Waals surface area contributed by atoms with Crippen LogP contribution in [-0.2, 0) is 9.59 Å². The molecule has 1 atom stereocenters. The van der Waals surface area contributed by atoms with E-state index in [1.165, 1.54) is 17.4 Å². The molecule has 1 spiro atoms. The number of amides is 2. The number of fused-ring (bicyclic) bond motifs is 1. The van der Waals surface area contributed by atoms with E-state index in [1.807, 2.05) is 35.2 Å². The molecule has 178 valence electrons. The van der Waals surface area contributed by atoms with Gasteiger partial charge in [0.15, 0.2) is 0 Å². The molecule has 0 N–H and O–H groups in total. The van der Waals surface area contributed by atoms with Crippen molar-refractivity contribution in [1.29, 1.82) is 0 Å². The zero-order chi connectivity index (χ0) is 23.7. The first-order valence-electron chi connectivity index (χ1n) is 12.4. The number of aromatic nitrogens is 1. The van der Waals surface area contributed by atoms with Gasteiger partial charge in [-0.05, 0) is 62.3 Å². The summed E-state index contributed by atoms with van der Waals surface area (Å²) in [7, 11) is 0. The first-order valence-corrected chi connectivity index (χ1v) is 13.2. The van der Waals surface area contributed by atoms with Crippen molar-refractivity contribution in [3.05, 3.63) is 53.8 Å². The van der Waals surface area contributed by atoms with Crippen LogP contribution in [0.3, 0.4) is 0 Å². The Morgan fingerprint density at radius 3 is 2.71 bits per heavy atom. The fourth-order valence-corrected chi connectivity index (χ4v) is 6.29. The van der Waals surface area contributed by atoms with Gasteiger partial charge in [0.25, 0.3) is 5.91 Å². The summed E-state index contributed by atoms with van der Waals surface area (Å²) >= 11 is 1.53. The first kappa shape index (κ1) is 21.2. The van der Waals surface area contributed by atoms with E-state index >= 15 is 4.39 Å². The van der Waals surface area contributed by atoms with Gasteiger partial charge in [-0.3, -0.25) is 19.5 Å². The van der Waals surface area contributed by atoms with Gasteiger partial charge < -0.3 is 4.90 Å². The Kier molecular flexibility index (Phi) is 4.65. The number of carbonyl (C=O) groups is 2. The number of nitrogens with zero attached hydrogens (tertiary/aromatic N) is 4. The summed E-state index contributed by atoms with van der Waals surface area (Å²) in [6, 6.07) is 13.0. The number of carbonyl (C=O) groups excluding carboxylic acids is 2. The van der Waals surface area contributed by atoms with Gasteiger partial charge in [0.05, 0.1) is 15.8 Å². The number of rotatable bonds is 5. The Balaban J connectivity index is 1.15. The third-order valence-corrected chi connectivity index (χ3v) is 8.74. The molecule has 1 unspecified atom stereocenters. The third kappa shape index (κ3) is 3.57. The van der Waals surface area contributed by atoms with Crippen molar-refractivity contribution in [3.8, 4) is 10.6 Å². The van der Waals surface area contributed by atoms with Gasteiger partial charge in [0.1, 0.15) is 22.2 Å². The molecule has 4 aliphatic rings. The lowest BCUT2D eigenvalue weighted by Gasteiger charge is -2.24. The number of hydrogen-bond acceptors (Lipinski definition) is 5. The SMILES string of the molecule is O=C(C1CC1)N1CCC(CN2C(=O)C3(CC3)N=C2c2ccc(-c3nc4ccccc4s3)cc2F)C1. The monoisotopic (exact) mass is 488 g/mol. The van der Waals surface area contributed by atoms with Crippen LogP contribution < -0.4 is 0 Å². The lowest BCUT2D eigenvalue weighted by atomic mass is 10.1. The number of thiazole rings is 1. The minimum Gasteiger partial charge on any atom is -0.342 e. The first-order chi connectivity index (χ1) is 17.0. The second kappa shape index (κ2) is 7.68. The van der Waals surface area contributed by atoms with Gasteiger partial charge >= 0.3 is 0 Å². The number of para-hydroxylation sites is 1. The van der Waals surface area contributed by atoms with Crippen molar-refractivity contribution >= 4 is 39.2 Å². The molecule has 0 radical (unpaired) electrons. The van der Waals surface area contributed by atoms with Crippen molar-refractivity contribution in [2.45, 2.75) is 37.6 Å². The molecule has 2 saturated carbocycles. The second-order valence-electron chi connectivity index (χ2n) is 10.3. The van der Waals surface area contributed by atoms with Crippen LogP contribution in [0.1, 0.15) is 37.7 Å². The number of hydrogen-bond donors (Lipinski definition) is 0. The van der Waals surface area contributed by atoms with E-state index in [9.17, 15) is 9.59 Å². The molecule has 1 aromatic heterocycles. The quantitative estimate of drug-likeness (QED) is 0.532. The molecule has 3 heterocycles. The summed E-state index contributed by atoms with van der Waals surface area (Å²) < 4.78 is 16.6. The zero-order valence-corrected chi connectivity index (χ0v) is 20.1. The molecule has 7 rings (SSSR count). The molecular formula is C27H25FN4O2S. The maximum atomic E-state index is 15.5. The molecular weight excluding hydrogens is 463 g/mol. The van der Waals surface area contributed by atoms with Gasteiger partial charge in [-0.1, -0.05) is 18.2 Å². The van der Waals surface area contributed by atoms with Gasteiger partial charge in [-0.25, -0.2) is 9.37 Å². The normalized spacial score (nSPS) is 22.9. The predicted octanol–water partition coefficient (Wildman–Crippen LogP) is 4.48. The number of halogens is 1. The van der Waals surface area contributed by atoms with Crippen LogP contribution in [0.2, 0.25) is 0 Å². The van der Waals surface area contributed by atoms with E-state index in [0.717, 1.165) is 46.6 Å². The highest BCUT2D eigenvalue weighted by Crippen LogP contribution is 2.46. The Morgan fingerprint density at radius 1 is 1.14 bits per heavy atom. The summed E-state index contributed by atoms with van der Waals surface area (Å²) in [6.07, 6.45) is 4.29. The van der Waals surface area contributed by atoms with E-state index in [1.54, 1.807) is 11.0 Å². The molecule has 2 aromatic carbocycles. The second-order valence-corrected chi connectivity index (χ2v) is 11.3. The minimum absolute atomic E-state index is 0.0193. The molecule has 3 fully saturated rings. The third-order valence-electron chi connectivity index (χ3n) is 7.66.